The summed E-state index contributed by atoms with van der Waals surface area (Å²) in [7, 11) is 0. The minimum absolute atomic E-state index is 0.104. The highest BCUT2D eigenvalue weighted by atomic mass is 16.5. The first-order valence-electron chi connectivity index (χ1n) is 6.42. The monoisotopic (exact) mass is 266 g/mol. The summed E-state index contributed by atoms with van der Waals surface area (Å²) in [5.41, 5.74) is 3.27. The molecule has 4 nitrogen and oxygen atoms in total. The molecule has 4 heteroatoms. The van der Waals surface area contributed by atoms with Crippen LogP contribution in [0.4, 0.5) is 5.69 Å². The summed E-state index contributed by atoms with van der Waals surface area (Å²) in [6.07, 6.45) is 0.200. The standard InChI is InChI=1S/C16H14N2O2/c1-11-7-8-15-13(9-11)14(18-20-15)10-16(19)17-12-5-3-2-4-6-12/h2-9H,10H2,1H3,(H,17,19). The molecule has 0 atom stereocenters. The van der Waals surface area contributed by atoms with E-state index in [4.69, 9.17) is 4.52 Å². The van der Waals surface area contributed by atoms with E-state index in [0.717, 1.165) is 16.6 Å². The fourth-order valence-corrected chi connectivity index (χ4v) is 2.11. The molecule has 0 saturated heterocycles. The highest BCUT2D eigenvalue weighted by Gasteiger charge is 2.12. The van der Waals surface area contributed by atoms with Gasteiger partial charge in [0.1, 0.15) is 5.69 Å². The Morgan fingerprint density at radius 1 is 1.20 bits per heavy atom. The van der Waals surface area contributed by atoms with Crippen molar-refractivity contribution in [3.8, 4) is 0 Å². The molecule has 1 N–H and O–H groups in total. The van der Waals surface area contributed by atoms with E-state index in [1.165, 1.54) is 0 Å². The molecule has 0 unspecified atom stereocenters. The summed E-state index contributed by atoms with van der Waals surface area (Å²) in [5.74, 6) is -0.104. The number of rotatable bonds is 3. The first-order chi connectivity index (χ1) is 9.72. The molecule has 1 aromatic heterocycles. The Morgan fingerprint density at radius 3 is 2.80 bits per heavy atom. The average Bonchev–Trinajstić information content (AvgIpc) is 2.82. The molecule has 20 heavy (non-hydrogen) atoms. The number of aryl methyl sites for hydroxylation is 1. The highest BCUT2D eigenvalue weighted by Crippen LogP contribution is 2.20. The van der Waals surface area contributed by atoms with Gasteiger partial charge in [0, 0.05) is 11.1 Å². The van der Waals surface area contributed by atoms with Crippen molar-refractivity contribution in [1.82, 2.24) is 5.16 Å². The Labute approximate surface area is 116 Å². The Hall–Kier alpha value is -2.62. The van der Waals surface area contributed by atoms with Gasteiger partial charge in [0.25, 0.3) is 0 Å². The normalized spacial score (nSPS) is 10.7. The van der Waals surface area contributed by atoms with Crippen LogP contribution >= 0.6 is 0 Å². The summed E-state index contributed by atoms with van der Waals surface area (Å²) < 4.78 is 5.23. The second kappa shape index (κ2) is 5.17. The zero-order chi connectivity index (χ0) is 13.9. The number of hydrogen-bond donors (Lipinski definition) is 1. The number of benzene rings is 2. The predicted octanol–water partition coefficient (Wildman–Crippen LogP) is 3.32. The molecule has 1 amide bonds. The van der Waals surface area contributed by atoms with E-state index in [-0.39, 0.29) is 12.3 Å². The maximum Gasteiger partial charge on any atom is 0.230 e. The maximum absolute atomic E-state index is 12.0. The number of nitrogens with zero attached hydrogens (tertiary/aromatic N) is 1. The van der Waals surface area contributed by atoms with Crippen molar-refractivity contribution in [3.05, 3.63) is 59.8 Å². The van der Waals surface area contributed by atoms with Gasteiger partial charge in [-0.05, 0) is 31.2 Å². The van der Waals surface area contributed by atoms with Crippen LogP contribution in [-0.2, 0) is 11.2 Å². The lowest BCUT2D eigenvalue weighted by molar-refractivity contribution is -0.115. The molecule has 0 radical (unpaired) electrons. The molecule has 100 valence electrons. The molecular formula is C16H14N2O2. The molecule has 0 fully saturated rings. The van der Waals surface area contributed by atoms with Gasteiger partial charge in [0.05, 0.1) is 6.42 Å². The summed E-state index contributed by atoms with van der Waals surface area (Å²) in [4.78, 5) is 12.0. The quantitative estimate of drug-likeness (QED) is 0.791. The molecule has 0 aliphatic carbocycles. The van der Waals surface area contributed by atoms with Gasteiger partial charge in [-0.25, -0.2) is 0 Å². The smallest absolute Gasteiger partial charge is 0.230 e. The second-order valence-corrected chi connectivity index (χ2v) is 4.72. The average molecular weight is 266 g/mol. The van der Waals surface area contributed by atoms with E-state index in [0.29, 0.717) is 11.3 Å². The zero-order valence-corrected chi connectivity index (χ0v) is 11.1. The summed E-state index contributed by atoms with van der Waals surface area (Å²) >= 11 is 0. The molecule has 3 rings (SSSR count). The fraction of sp³-hybridized carbons (Fsp3) is 0.125. The zero-order valence-electron chi connectivity index (χ0n) is 11.1. The fourth-order valence-electron chi connectivity index (χ4n) is 2.11. The van der Waals surface area contributed by atoms with Crippen LogP contribution in [0.1, 0.15) is 11.3 Å². The van der Waals surface area contributed by atoms with Gasteiger partial charge < -0.3 is 9.84 Å². The van der Waals surface area contributed by atoms with Gasteiger partial charge >= 0.3 is 0 Å². The molecule has 3 aromatic rings. The SMILES string of the molecule is Cc1ccc2onc(CC(=O)Nc3ccccc3)c2c1. The van der Waals surface area contributed by atoms with E-state index < -0.39 is 0 Å². The number of para-hydroxylation sites is 1. The number of nitrogens with one attached hydrogen (secondary N) is 1. The van der Waals surface area contributed by atoms with E-state index in [2.05, 4.69) is 10.5 Å². The van der Waals surface area contributed by atoms with Crippen molar-refractivity contribution in [2.45, 2.75) is 13.3 Å². The van der Waals surface area contributed by atoms with Crippen LogP contribution in [0.2, 0.25) is 0 Å². The molecular weight excluding hydrogens is 252 g/mol. The number of anilines is 1. The third-order valence-corrected chi connectivity index (χ3v) is 3.09. The van der Waals surface area contributed by atoms with Gasteiger partial charge in [0.2, 0.25) is 5.91 Å². The Balaban J connectivity index is 1.79. The summed E-state index contributed by atoms with van der Waals surface area (Å²) in [6, 6.07) is 15.2. The number of aromatic nitrogens is 1. The lowest BCUT2D eigenvalue weighted by Crippen LogP contribution is -2.14. The van der Waals surface area contributed by atoms with Crippen molar-refractivity contribution in [2.75, 3.05) is 5.32 Å². The van der Waals surface area contributed by atoms with Crippen LogP contribution in [0.5, 0.6) is 0 Å². The topological polar surface area (TPSA) is 55.1 Å². The molecule has 0 saturated carbocycles. The van der Waals surface area contributed by atoms with Crippen LogP contribution in [0.25, 0.3) is 11.0 Å². The maximum atomic E-state index is 12.0. The van der Waals surface area contributed by atoms with Crippen LogP contribution in [0, 0.1) is 6.92 Å². The molecule has 0 bridgehead atoms. The van der Waals surface area contributed by atoms with E-state index in [1.54, 1.807) is 0 Å². The Morgan fingerprint density at radius 2 is 2.00 bits per heavy atom. The molecule has 1 heterocycles. The van der Waals surface area contributed by atoms with Crippen molar-refractivity contribution < 1.29 is 9.32 Å². The van der Waals surface area contributed by atoms with E-state index >= 15 is 0 Å². The van der Waals surface area contributed by atoms with Gasteiger partial charge in [-0.3, -0.25) is 4.79 Å². The lowest BCUT2D eigenvalue weighted by atomic mass is 10.1. The first kappa shape index (κ1) is 12.4. The number of carbonyl (C=O) groups excluding carboxylic acids is 1. The van der Waals surface area contributed by atoms with Crippen molar-refractivity contribution in [2.24, 2.45) is 0 Å². The van der Waals surface area contributed by atoms with Crippen molar-refractivity contribution in [1.29, 1.82) is 0 Å². The van der Waals surface area contributed by atoms with Gasteiger partial charge in [-0.1, -0.05) is 35.0 Å². The number of fused-ring (bicyclic) bond motifs is 1. The molecule has 0 spiro atoms. The number of carbonyl (C=O) groups is 1. The van der Waals surface area contributed by atoms with Crippen LogP contribution in [0.15, 0.2) is 53.1 Å². The Kier molecular flexibility index (Phi) is 3.21. The van der Waals surface area contributed by atoms with Gasteiger partial charge in [-0.2, -0.15) is 0 Å². The third kappa shape index (κ3) is 2.54. The third-order valence-electron chi connectivity index (χ3n) is 3.09. The van der Waals surface area contributed by atoms with E-state index in [9.17, 15) is 4.79 Å². The summed E-state index contributed by atoms with van der Waals surface area (Å²) in [6.45, 7) is 2.00. The molecule has 2 aromatic carbocycles. The minimum atomic E-state index is -0.104. The van der Waals surface area contributed by atoms with Crippen molar-refractivity contribution in [3.63, 3.8) is 0 Å². The minimum Gasteiger partial charge on any atom is -0.356 e. The van der Waals surface area contributed by atoms with Gasteiger partial charge in [0.15, 0.2) is 5.58 Å². The van der Waals surface area contributed by atoms with E-state index in [1.807, 2.05) is 55.5 Å². The summed E-state index contributed by atoms with van der Waals surface area (Å²) in [5, 5.41) is 7.72. The number of hydrogen-bond acceptors (Lipinski definition) is 3. The molecule has 0 aliphatic rings. The van der Waals surface area contributed by atoms with Crippen LogP contribution < -0.4 is 5.32 Å². The van der Waals surface area contributed by atoms with Crippen molar-refractivity contribution >= 4 is 22.6 Å². The first-order valence-corrected chi connectivity index (χ1v) is 6.42. The second-order valence-electron chi connectivity index (χ2n) is 4.72. The van der Waals surface area contributed by atoms with Crippen LogP contribution in [0.3, 0.4) is 0 Å². The van der Waals surface area contributed by atoms with Gasteiger partial charge in [-0.15, -0.1) is 0 Å². The predicted molar refractivity (Wildman–Crippen MR) is 77.5 cm³/mol. The van der Waals surface area contributed by atoms with Crippen LogP contribution in [-0.4, -0.2) is 11.1 Å². The Bertz CT molecular complexity index is 748. The lowest BCUT2D eigenvalue weighted by Gasteiger charge is -2.03. The number of amides is 1. The highest BCUT2D eigenvalue weighted by molar-refractivity contribution is 5.94. The largest absolute Gasteiger partial charge is 0.356 e. The molecule has 0 aliphatic heterocycles.